The van der Waals surface area contributed by atoms with Crippen molar-refractivity contribution in [3.8, 4) is 0 Å². The zero-order chi connectivity index (χ0) is 15.8. The van der Waals surface area contributed by atoms with Crippen molar-refractivity contribution >= 4 is 6.09 Å². The molecular weight excluding hydrogens is 266 g/mol. The summed E-state index contributed by atoms with van der Waals surface area (Å²) in [6, 6.07) is 0.507. The third-order valence-electron chi connectivity index (χ3n) is 5.09. The average molecular weight is 299 g/mol. The van der Waals surface area contributed by atoms with Crippen LogP contribution in [0.4, 0.5) is 4.79 Å². The van der Waals surface area contributed by atoms with Gasteiger partial charge in [0, 0.05) is 18.7 Å². The molecule has 1 rings (SSSR count). The first-order chi connectivity index (χ1) is 10.1. The van der Waals surface area contributed by atoms with Crippen LogP contribution in [0.2, 0.25) is 0 Å². The van der Waals surface area contributed by atoms with Gasteiger partial charge in [-0.15, -0.1) is 0 Å². The van der Waals surface area contributed by atoms with Crippen molar-refractivity contribution in [2.24, 2.45) is 11.8 Å². The maximum absolute atomic E-state index is 12.4. The lowest BCUT2D eigenvalue weighted by atomic mass is 9.74. The second kappa shape index (κ2) is 9.29. The molecule has 1 fully saturated rings. The molecule has 0 aliphatic carbocycles. The molecule has 1 aliphatic rings. The van der Waals surface area contributed by atoms with Gasteiger partial charge in [0.2, 0.25) is 0 Å². The van der Waals surface area contributed by atoms with Crippen LogP contribution >= 0.6 is 0 Å². The van der Waals surface area contributed by atoms with Gasteiger partial charge in [-0.1, -0.05) is 40.0 Å². The zero-order valence-corrected chi connectivity index (χ0v) is 14.2. The molecule has 4 atom stereocenters. The minimum Gasteiger partial charge on any atom is -0.453 e. The summed E-state index contributed by atoms with van der Waals surface area (Å²) in [7, 11) is 1.48. The number of rotatable bonds is 7. The normalized spacial score (nSPS) is 29.5. The Morgan fingerprint density at radius 1 is 1.14 bits per heavy atom. The molecule has 1 amide bonds. The number of likely N-dealkylation sites (tertiary alicyclic amines) is 1. The minimum atomic E-state index is -0.187. The molecule has 1 aliphatic heterocycles. The lowest BCUT2D eigenvalue weighted by molar-refractivity contribution is -0.00961. The molecule has 124 valence electrons. The molecule has 0 aromatic carbocycles. The number of hydrogen-bond donors (Lipinski definition) is 1. The van der Waals surface area contributed by atoms with E-state index in [0.717, 1.165) is 38.5 Å². The van der Waals surface area contributed by atoms with Crippen molar-refractivity contribution in [3.63, 3.8) is 0 Å². The maximum atomic E-state index is 12.4. The van der Waals surface area contributed by atoms with Crippen molar-refractivity contribution < 1.29 is 14.6 Å². The van der Waals surface area contributed by atoms with Crippen LogP contribution in [0.1, 0.15) is 65.7 Å². The van der Waals surface area contributed by atoms with Crippen LogP contribution in [0.25, 0.3) is 0 Å². The monoisotopic (exact) mass is 299 g/mol. The summed E-state index contributed by atoms with van der Waals surface area (Å²) in [4.78, 5) is 14.4. The molecule has 1 heterocycles. The van der Waals surface area contributed by atoms with E-state index >= 15 is 0 Å². The summed E-state index contributed by atoms with van der Waals surface area (Å²) in [6.07, 6.45) is 6.96. The third-order valence-corrected chi connectivity index (χ3v) is 5.09. The number of carbonyl (C=O) groups excluding carboxylic acids is 1. The predicted octanol–water partition coefficient (Wildman–Crippen LogP) is 3.82. The highest BCUT2D eigenvalue weighted by molar-refractivity contribution is 5.68. The van der Waals surface area contributed by atoms with Crippen molar-refractivity contribution in [2.75, 3.05) is 13.7 Å². The molecule has 0 saturated carbocycles. The first-order valence-electron chi connectivity index (χ1n) is 8.61. The van der Waals surface area contributed by atoms with Crippen LogP contribution in [-0.2, 0) is 4.74 Å². The Hall–Kier alpha value is -0.770. The molecule has 4 nitrogen and oxygen atoms in total. The van der Waals surface area contributed by atoms with Crippen LogP contribution in [0.3, 0.4) is 0 Å². The van der Waals surface area contributed by atoms with Gasteiger partial charge in [0.25, 0.3) is 0 Å². The fraction of sp³-hybridized carbons (Fsp3) is 0.941. The summed E-state index contributed by atoms with van der Waals surface area (Å²) in [6.45, 7) is 6.80. The van der Waals surface area contributed by atoms with Gasteiger partial charge < -0.3 is 14.7 Å². The standard InChI is InChI=1S/C17H33NO3/c1-5-9-15-13(6-2)12-14(7-3)16(10-8-11-19)18(15)17(20)21-4/h13-16,19H,5-12H2,1-4H3/t13-,14-,15-,16+/m1/s1. The minimum absolute atomic E-state index is 0.187. The van der Waals surface area contributed by atoms with Crippen LogP contribution in [0, 0.1) is 11.8 Å². The van der Waals surface area contributed by atoms with E-state index in [1.807, 2.05) is 4.90 Å². The Kier molecular flexibility index (Phi) is 8.09. The Morgan fingerprint density at radius 2 is 1.71 bits per heavy atom. The van der Waals surface area contributed by atoms with Crippen molar-refractivity contribution in [1.29, 1.82) is 0 Å². The molecule has 1 N–H and O–H groups in total. The van der Waals surface area contributed by atoms with Gasteiger partial charge in [0.05, 0.1) is 7.11 Å². The van der Waals surface area contributed by atoms with Crippen LogP contribution < -0.4 is 0 Å². The quantitative estimate of drug-likeness (QED) is 0.777. The number of methoxy groups -OCH3 is 1. The van der Waals surface area contributed by atoms with E-state index in [1.54, 1.807) is 0 Å². The molecule has 0 aromatic rings. The van der Waals surface area contributed by atoms with E-state index in [0.29, 0.717) is 17.9 Å². The van der Waals surface area contributed by atoms with Gasteiger partial charge in [-0.3, -0.25) is 0 Å². The number of aliphatic hydroxyl groups excluding tert-OH is 1. The van der Waals surface area contributed by atoms with Crippen LogP contribution in [0.15, 0.2) is 0 Å². The summed E-state index contributed by atoms with van der Waals surface area (Å²) in [5.41, 5.74) is 0. The highest BCUT2D eigenvalue weighted by atomic mass is 16.5. The second-order valence-electron chi connectivity index (χ2n) is 6.24. The van der Waals surface area contributed by atoms with Crippen LogP contribution in [0.5, 0.6) is 0 Å². The van der Waals surface area contributed by atoms with Gasteiger partial charge in [-0.2, -0.15) is 0 Å². The second-order valence-corrected chi connectivity index (χ2v) is 6.24. The molecule has 0 radical (unpaired) electrons. The van der Waals surface area contributed by atoms with Gasteiger partial charge in [0.1, 0.15) is 0 Å². The molecule has 0 bridgehead atoms. The molecule has 0 unspecified atom stereocenters. The summed E-state index contributed by atoms with van der Waals surface area (Å²) >= 11 is 0. The third kappa shape index (κ3) is 4.35. The fourth-order valence-corrected chi connectivity index (χ4v) is 4.00. The number of aliphatic hydroxyl groups is 1. The zero-order valence-electron chi connectivity index (χ0n) is 14.2. The lowest BCUT2D eigenvalue weighted by Gasteiger charge is -2.49. The van der Waals surface area contributed by atoms with Gasteiger partial charge in [-0.25, -0.2) is 4.79 Å². The van der Waals surface area contributed by atoms with E-state index < -0.39 is 0 Å². The molecule has 1 saturated heterocycles. The first kappa shape index (κ1) is 18.3. The first-order valence-corrected chi connectivity index (χ1v) is 8.61. The predicted molar refractivity (Wildman–Crippen MR) is 85.2 cm³/mol. The molecule has 21 heavy (non-hydrogen) atoms. The highest BCUT2D eigenvalue weighted by Crippen LogP contribution is 2.39. The smallest absolute Gasteiger partial charge is 0.410 e. The Bertz CT molecular complexity index is 308. The van der Waals surface area contributed by atoms with E-state index in [4.69, 9.17) is 4.74 Å². The number of piperidine rings is 1. The number of nitrogens with zero attached hydrogens (tertiary/aromatic N) is 1. The SMILES string of the molecule is CCC[C@@H]1[C@H](CC)C[C@@H](CC)[C@H](CCCO)N1C(=O)OC. The van der Waals surface area contributed by atoms with E-state index in [9.17, 15) is 9.90 Å². The molecule has 4 heteroatoms. The number of hydrogen-bond acceptors (Lipinski definition) is 3. The average Bonchev–Trinajstić information content (AvgIpc) is 2.52. The van der Waals surface area contributed by atoms with E-state index in [-0.39, 0.29) is 18.7 Å². The number of carbonyl (C=O) groups is 1. The highest BCUT2D eigenvalue weighted by Gasteiger charge is 2.43. The van der Waals surface area contributed by atoms with Crippen molar-refractivity contribution in [2.45, 2.75) is 77.8 Å². The molecular formula is C17H33NO3. The van der Waals surface area contributed by atoms with E-state index in [2.05, 4.69) is 20.8 Å². The molecule has 0 spiro atoms. The van der Waals surface area contributed by atoms with Gasteiger partial charge in [-0.05, 0) is 37.5 Å². The number of ether oxygens (including phenoxy) is 1. The Morgan fingerprint density at radius 3 is 2.14 bits per heavy atom. The number of amides is 1. The fourth-order valence-electron chi connectivity index (χ4n) is 4.00. The maximum Gasteiger partial charge on any atom is 0.410 e. The van der Waals surface area contributed by atoms with Crippen molar-refractivity contribution in [1.82, 2.24) is 4.90 Å². The van der Waals surface area contributed by atoms with Crippen molar-refractivity contribution in [3.05, 3.63) is 0 Å². The lowest BCUT2D eigenvalue weighted by Crippen LogP contribution is -2.57. The Labute approximate surface area is 129 Å². The molecule has 0 aromatic heterocycles. The van der Waals surface area contributed by atoms with E-state index in [1.165, 1.54) is 13.5 Å². The summed E-state index contributed by atoms with van der Waals surface area (Å²) < 4.78 is 5.09. The Balaban J connectivity index is 3.05. The summed E-state index contributed by atoms with van der Waals surface area (Å²) in [5, 5.41) is 9.17. The largest absolute Gasteiger partial charge is 0.453 e. The topological polar surface area (TPSA) is 49.8 Å². The summed E-state index contributed by atoms with van der Waals surface area (Å²) in [5.74, 6) is 1.09. The van der Waals surface area contributed by atoms with Gasteiger partial charge in [0.15, 0.2) is 0 Å². The van der Waals surface area contributed by atoms with Crippen LogP contribution in [-0.4, -0.2) is 41.9 Å². The van der Waals surface area contributed by atoms with Gasteiger partial charge >= 0.3 is 6.09 Å².